The zero-order valence-corrected chi connectivity index (χ0v) is 13.1. The fraction of sp³-hybridized carbons (Fsp3) is 0.611. The molecule has 0 bridgehead atoms. The van der Waals surface area contributed by atoms with E-state index in [0.717, 1.165) is 23.7 Å². The van der Waals surface area contributed by atoms with E-state index in [1.165, 1.54) is 32.1 Å². The van der Waals surface area contributed by atoms with Gasteiger partial charge in [0.05, 0.1) is 5.92 Å². The molecule has 1 fully saturated rings. The van der Waals surface area contributed by atoms with Gasteiger partial charge >= 0.3 is 0 Å². The SMILES string of the molecule is CCC1CCC(N(C)C(=O)C2CNc3ccccc32)CC1. The van der Waals surface area contributed by atoms with E-state index in [0.29, 0.717) is 6.04 Å². The molecule has 0 spiro atoms. The van der Waals surface area contributed by atoms with Crippen LogP contribution in [0, 0.1) is 5.92 Å². The highest BCUT2D eigenvalue weighted by Gasteiger charge is 2.33. The molecule has 1 aliphatic carbocycles. The molecule has 1 aromatic rings. The highest BCUT2D eigenvalue weighted by atomic mass is 16.2. The van der Waals surface area contributed by atoms with Crippen molar-refractivity contribution in [1.82, 2.24) is 4.90 Å². The van der Waals surface area contributed by atoms with Crippen LogP contribution in [0.25, 0.3) is 0 Å². The molecule has 1 atom stereocenters. The fourth-order valence-electron chi connectivity index (χ4n) is 3.87. The lowest BCUT2D eigenvalue weighted by molar-refractivity contribution is -0.133. The first-order valence-corrected chi connectivity index (χ1v) is 8.30. The van der Waals surface area contributed by atoms with Crippen molar-refractivity contribution in [3.8, 4) is 0 Å². The van der Waals surface area contributed by atoms with Crippen LogP contribution in [0.4, 0.5) is 5.69 Å². The van der Waals surface area contributed by atoms with E-state index in [2.05, 4.69) is 24.4 Å². The maximum Gasteiger partial charge on any atom is 0.231 e. The van der Waals surface area contributed by atoms with Crippen LogP contribution in [-0.4, -0.2) is 30.4 Å². The molecule has 21 heavy (non-hydrogen) atoms. The molecule has 0 aromatic heterocycles. The molecule has 0 saturated heterocycles. The number of carbonyl (C=O) groups is 1. The van der Waals surface area contributed by atoms with Crippen molar-refractivity contribution in [2.24, 2.45) is 5.92 Å². The van der Waals surface area contributed by atoms with Gasteiger partial charge in [-0.25, -0.2) is 0 Å². The second-order valence-corrected chi connectivity index (χ2v) is 6.55. The molecule has 2 aliphatic rings. The molecule has 1 aliphatic heterocycles. The maximum atomic E-state index is 12.8. The van der Waals surface area contributed by atoms with Crippen molar-refractivity contribution in [2.45, 2.75) is 51.0 Å². The highest BCUT2D eigenvalue weighted by Crippen LogP contribution is 2.34. The van der Waals surface area contributed by atoms with E-state index >= 15 is 0 Å². The third-order valence-electron chi connectivity index (χ3n) is 5.42. The molecule has 3 rings (SSSR count). The zero-order valence-electron chi connectivity index (χ0n) is 13.1. The number of fused-ring (bicyclic) bond motifs is 1. The number of likely N-dealkylation sites (N-methyl/N-ethyl adjacent to an activating group) is 1. The van der Waals surface area contributed by atoms with Crippen molar-refractivity contribution in [2.75, 3.05) is 18.9 Å². The molecule has 1 unspecified atom stereocenters. The van der Waals surface area contributed by atoms with E-state index in [1.807, 2.05) is 24.1 Å². The standard InChI is InChI=1S/C18H26N2O/c1-3-13-8-10-14(11-9-13)20(2)18(21)16-12-19-17-7-5-4-6-15(16)17/h4-7,13-14,16,19H,3,8-12H2,1-2H3. The number of carbonyl (C=O) groups excluding carboxylic acids is 1. The third-order valence-corrected chi connectivity index (χ3v) is 5.42. The van der Waals surface area contributed by atoms with Gasteiger partial charge < -0.3 is 10.2 Å². The summed E-state index contributed by atoms with van der Waals surface area (Å²) in [5.74, 6) is 1.15. The Balaban J connectivity index is 1.66. The Kier molecular flexibility index (Phi) is 4.18. The number of para-hydroxylation sites is 1. The molecular weight excluding hydrogens is 260 g/mol. The number of hydrogen-bond donors (Lipinski definition) is 1. The molecule has 1 heterocycles. The predicted octanol–water partition coefficient (Wildman–Crippen LogP) is 3.62. The fourth-order valence-corrected chi connectivity index (χ4v) is 3.87. The smallest absolute Gasteiger partial charge is 0.231 e. The molecule has 1 amide bonds. The van der Waals surface area contributed by atoms with Gasteiger partial charge in [0.15, 0.2) is 0 Å². The number of amides is 1. The predicted molar refractivity (Wildman–Crippen MR) is 86.5 cm³/mol. The van der Waals surface area contributed by atoms with Crippen molar-refractivity contribution < 1.29 is 4.79 Å². The number of rotatable bonds is 3. The minimum atomic E-state index is -0.00454. The van der Waals surface area contributed by atoms with E-state index in [9.17, 15) is 4.79 Å². The van der Waals surface area contributed by atoms with Crippen LogP contribution < -0.4 is 5.32 Å². The number of anilines is 1. The average molecular weight is 286 g/mol. The molecule has 3 heteroatoms. The van der Waals surface area contributed by atoms with Crippen molar-refractivity contribution in [3.05, 3.63) is 29.8 Å². The minimum absolute atomic E-state index is 0.00454. The zero-order chi connectivity index (χ0) is 14.8. The van der Waals surface area contributed by atoms with Crippen LogP contribution in [0.15, 0.2) is 24.3 Å². The molecule has 1 saturated carbocycles. The summed E-state index contributed by atoms with van der Waals surface area (Å²) in [5, 5.41) is 3.36. The lowest BCUT2D eigenvalue weighted by Crippen LogP contribution is -2.42. The van der Waals surface area contributed by atoms with Gasteiger partial charge in [0.2, 0.25) is 5.91 Å². The van der Waals surface area contributed by atoms with E-state index < -0.39 is 0 Å². The second kappa shape index (κ2) is 6.08. The Morgan fingerprint density at radius 1 is 1.24 bits per heavy atom. The van der Waals surface area contributed by atoms with Crippen molar-refractivity contribution >= 4 is 11.6 Å². The lowest BCUT2D eigenvalue weighted by Gasteiger charge is -2.35. The summed E-state index contributed by atoms with van der Waals surface area (Å²) >= 11 is 0. The van der Waals surface area contributed by atoms with E-state index in [1.54, 1.807) is 0 Å². The van der Waals surface area contributed by atoms with Crippen LogP contribution in [0.5, 0.6) is 0 Å². The third kappa shape index (κ3) is 2.78. The summed E-state index contributed by atoms with van der Waals surface area (Å²) < 4.78 is 0. The van der Waals surface area contributed by atoms with Crippen LogP contribution in [0.2, 0.25) is 0 Å². The van der Waals surface area contributed by atoms with Gasteiger partial charge in [-0.15, -0.1) is 0 Å². The number of benzene rings is 1. The average Bonchev–Trinajstić information content (AvgIpc) is 2.97. The molecular formula is C18H26N2O. The molecule has 1 aromatic carbocycles. The number of hydrogen-bond acceptors (Lipinski definition) is 2. The van der Waals surface area contributed by atoms with Gasteiger partial charge in [0, 0.05) is 25.3 Å². The van der Waals surface area contributed by atoms with Crippen molar-refractivity contribution in [3.63, 3.8) is 0 Å². The minimum Gasteiger partial charge on any atom is -0.384 e. The van der Waals surface area contributed by atoms with Crippen molar-refractivity contribution in [1.29, 1.82) is 0 Å². The largest absolute Gasteiger partial charge is 0.384 e. The number of nitrogens with zero attached hydrogens (tertiary/aromatic N) is 1. The van der Waals surface area contributed by atoms with Crippen LogP contribution in [0.3, 0.4) is 0 Å². The van der Waals surface area contributed by atoms with E-state index in [-0.39, 0.29) is 11.8 Å². The first-order valence-electron chi connectivity index (χ1n) is 8.30. The summed E-state index contributed by atoms with van der Waals surface area (Å²) in [6.45, 7) is 3.02. The monoisotopic (exact) mass is 286 g/mol. The molecule has 3 nitrogen and oxygen atoms in total. The summed E-state index contributed by atoms with van der Waals surface area (Å²) in [5.41, 5.74) is 2.29. The van der Waals surface area contributed by atoms with Crippen LogP contribution in [0.1, 0.15) is 50.5 Å². The molecule has 0 radical (unpaired) electrons. The number of nitrogens with one attached hydrogen (secondary N) is 1. The summed E-state index contributed by atoms with van der Waals surface area (Å²) in [7, 11) is 2.00. The Morgan fingerprint density at radius 3 is 2.67 bits per heavy atom. The van der Waals surface area contributed by atoms with Gasteiger partial charge in [-0.05, 0) is 43.2 Å². The van der Waals surface area contributed by atoms with Gasteiger partial charge in [-0.3, -0.25) is 4.79 Å². The van der Waals surface area contributed by atoms with Gasteiger partial charge in [-0.2, -0.15) is 0 Å². The first-order chi connectivity index (χ1) is 10.2. The lowest BCUT2D eigenvalue weighted by atomic mass is 9.83. The van der Waals surface area contributed by atoms with E-state index in [4.69, 9.17) is 0 Å². The molecule has 1 N–H and O–H groups in total. The second-order valence-electron chi connectivity index (χ2n) is 6.55. The normalized spacial score (nSPS) is 27.8. The topological polar surface area (TPSA) is 32.3 Å². The first kappa shape index (κ1) is 14.4. The summed E-state index contributed by atoms with van der Waals surface area (Å²) in [6.07, 6.45) is 6.17. The Labute approximate surface area is 127 Å². The quantitative estimate of drug-likeness (QED) is 0.920. The van der Waals surface area contributed by atoms with Gasteiger partial charge in [-0.1, -0.05) is 31.5 Å². The van der Waals surface area contributed by atoms with Gasteiger partial charge in [0.1, 0.15) is 0 Å². The Morgan fingerprint density at radius 2 is 1.95 bits per heavy atom. The Bertz CT molecular complexity index is 506. The molecule has 114 valence electrons. The maximum absolute atomic E-state index is 12.8. The van der Waals surface area contributed by atoms with Gasteiger partial charge in [0.25, 0.3) is 0 Å². The highest BCUT2D eigenvalue weighted by molar-refractivity contribution is 5.88. The van der Waals surface area contributed by atoms with Crippen LogP contribution in [-0.2, 0) is 4.79 Å². The summed E-state index contributed by atoms with van der Waals surface area (Å²) in [6, 6.07) is 8.63. The van der Waals surface area contributed by atoms with Crippen LogP contribution >= 0.6 is 0 Å². The summed E-state index contributed by atoms with van der Waals surface area (Å²) in [4.78, 5) is 14.9. The Hall–Kier alpha value is -1.51.